The Morgan fingerprint density at radius 3 is 3.07 bits per heavy atom. The van der Waals surface area contributed by atoms with Crippen LogP contribution in [0.15, 0.2) is 37.1 Å². The van der Waals surface area contributed by atoms with Gasteiger partial charge in [-0.1, -0.05) is 18.2 Å². The molecule has 1 aromatic heterocycles. The predicted octanol–water partition coefficient (Wildman–Crippen LogP) is 2.75. The number of aromatic nitrogens is 1. The van der Waals surface area contributed by atoms with Crippen molar-refractivity contribution in [1.82, 2.24) is 20.1 Å². The van der Waals surface area contributed by atoms with Crippen LogP contribution in [0, 0.1) is 5.92 Å². The summed E-state index contributed by atoms with van der Waals surface area (Å²) in [7, 11) is 4.13. The SMILES string of the molecule is C=CCN1C[C@H](C(=O)NCCCN(C)C)CC2c3cccc4[nH]cc(c34)C[C@@H]21. The fourth-order valence-corrected chi connectivity index (χ4v) is 5.11. The van der Waals surface area contributed by atoms with Crippen LogP contribution < -0.4 is 5.32 Å². The molecule has 3 atom stereocenters. The van der Waals surface area contributed by atoms with Crippen LogP contribution in [0.5, 0.6) is 0 Å². The van der Waals surface area contributed by atoms with Crippen molar-refractivity contribution in [2.24, 2.45) is 5.92 Å². The van der Waals surface area contributed by atoms with Gasteiger partial charge in [-0.3, -0.25) is 9.69 Å². The standard InChI is InChI=1S/C23H32N4O/c1-4-10-27-15-17(23(28)24-9-6-11-26(2)3)12-19-18-7-5-8-20-22(18)16(14-25-20)13-21(19)27/h4-5,7-8,14,17,19,21,25H,1,6,9-13,15H2,2-3H3,(H,24,28)/t17-,19?,21+/m1/s1. The van der Waals surface area contributed by atoms with Gasteiger partial charge in [0.2, 0.25) is 5.91 Å². The van der Waals surface area contributed by atoms with Crippen molar-refractivity contribution in [2.75, 3.05) is 40.3 Å². The van der Waals surface area contributed by atoms with Crippen LogP contribution in [0.25, 0.3) is 10.9 Å². The fraction of sp³-hybridized carbons (Fsp3) is 0.522. The summed E-state index contributed by atoms with van der Waals surface area (Å²) in [4.78, 5) is 21.0. The third-order valence-electron chi connectivity index (χ3n) is 6.39. The molecule has 1 aliphatic heterocycles. The maximum absolute atomic E-state index is 12.9. The minimum Gasteiger partial charge on any atom is -0.361 e. The molecule has 4 rings (SSSR count). The second kappa shape index (κ2) is 8.10. The van der Waals surface area contributed by atoms with Crippen LogP contribution in [0.2, 0.25) is 0 Å². The number of fused-ring (bicyclic) bond motifs is 2. The number of H-pyrrole nitrogens is 1. The Morgan fingerprint density at radius 1 is 1.43 bits per heavy atom. The van der Waals surface area contributed by atoms with Crippen molar-refractivity contribution < 1.29 is 4.79 Å². The number of amides is 1. The average molecular weight is 381 g/mol. The highest BCUT2D eigenvalue weighted by Gasteiger charge is 2.42. The van der Waals surface area contributed by atoms with Gasteiger partial charge in [-0.2, -0.15) is 0 Å². The van der Waals surface area contributed by atoms with Crippen molar-refractivity contribution in [3.8, 4) is 0 Å². The number of aromatic amines is 1. The molecule has 1 saturated heterocycles. The molecular weight excluding hydrogens is 348 g/mol. The summed E-state index contributed by atoms with van der Waals surface area (Å²) in [5.74, 6) is 0.646. The Morgan fingerprint density at radius 2 is 2.29 bits per heavy atom. The second-order valence-electron chi connectivity index (χ2n) is 8.58. The van der Waals surface area contributed by atoms with Gasteiger partial charge in [-0.25, -0.2) is 0 Å². The number of carbonyl (C=O) groups excluding carboxylic acids is 1. The second-order valence-corrected chi connectivity index (χ2v) is 8.58. The lowest BCUT2D eigenvalue weighted by Crippen LogP contribution is -2.53. The molecule has 5 heteroatoms. The summed E-state index contributed by atoms with van der Waals surface area (Å²) in [5.41, 5.74) is 4.04. The summed E-state index contributed by atoms with van der Waals surface area (Å²) >= 11 is 0. The summed E-state index contributed by atoms with van der Waals surface area (Å²) in [6, 6.07) is 7.01. The quantitative estimate of drug-likeness (QED) is 0.574. The van der Waals surface area contributed by atoms with Gasteiger partial charge in [-0.15, -0.1) is 6.58 Å². The number of hydrogen-bond donors (Lipinski definition) is 2. The van der Waals surface area contributed by atoms with E-state index in [1.807, 2.05) is 6.08 Å². The molecule has 1 unspecified atom stereocenters. The first kappa shape index (κ1) is 19.2. The topological polar surface area (TPSA) is 51.4 Å². The minimum atomic E-state index is 0.0382. The highest BCUT2D eigenvalue weighted by Crippen LogP contribution is 2.44. The number of hydrogen-bond acceptors (Lipinski definition) is 3. The Hall–Kier alpha value is -2.11. The number of rotatable bonds is 7. The molecule has 1 aromatic carbocycles. The Balaban J connectivity index is 1.54. The number of likely N-dealkylation sites (tertiary alicyclic amines) is 1. The zero-order valence-corrected chi connectivity index (χ0v) is 17.1. The summed E-state index contributed by atoms with van der Waals surface area (Å²) in [5, 5.41) is 4.56. The molecule has 0 spiro atoms. The van der Waals surface area contributed by atoms with Gasteiger partial charge in [-0.05, 0) is 57.1 Å². The number of benzene rings is 1. The van der Waals surface area contributed by atoms with Crippen LogP contribution in [0.4, 0.5) is 0 Å². The highest BCUT2D eigenvalue weighted by molar-refractivity contribution is 5.88. The first-order valence-electron chi connectivity index (χ1n) is 10.4. The number of nitrogens with one attached hydrogen (secondary N) is 2. The van der Waals surface area contributed by atoms with Crippen molar-refractivity contribution >= 4 is 16.8 Å². The van der Waals surface area contributed by atoms with E-state index in [-0.39, 0.29) is 11.8 Å². The van der Waals surface area contributed by atoms with Crippen LogP contribution in [-0.2, 0) is 11.2 Å². The lowest BCUT2D eigenvalue weighted by atomic mass is 9.72. The lowest BCUT2D eigenvalue weighted by Gasteiger charge is -2.46. The van der Waals surface area contributed by atoms with Gasteiger partial charge in [0.15, 0.2) is 0 Å². The molecule has 150 valence electrons. The fourth-order valence-electron chi connectivity index (χ4n) is 5.11. The largest absolute Gasteiger partial charge is 0.361 e. The average Bonchev–Trinajstić information content (AvgIpc) is 3.10. The van der Waals surface area contributed by atoms with E-state index in [2.05, 4.69) is 65.2 Å². The van der Waals surface area contributed by atoms with Gasteiger partial charge in [0, 0.05) is 48.7 Å². The molecule has 28 heavy (non-hydrogen) atoms. The van der Waals surface area contributed by atoms with Gasteiger partial charge in [0.1, 0.15) is 0 Å². The normalized spacial score (nSPS) is 24.3. The first-order chi connectivity index (χ1) is 13.6. The van der Waals surface area contributed by atoms with Gasteiger partial charge in [0.05, 0.1) is 5.92 Å². The van der Waals surface area contributed by atoms with Crippen LogP contribution >= 0.6 is 0 Å². The minimum absolute atomic E-state index is 0.0382. The number of nitrogens with zero attached hydrogens (tertiary/aromatic N) is 2. The smallest absolute Gasteiger partial charge is 0.224 e. The lowest BCUT2D eigenvalue weighted by molar-refractivity contribution is -0.127. The molecule has 5 nitrogen and oxygen atoms in total. The molecule has 1 amide bonds. The monoisotopic (exact) mass is 380 g/mol. The Bertz CT molecular complexity index is 855. The van der Waals surface area contributed by atoms with E-state index < -0.39 is 0 Å². The first-order valence-corrected chi connectivity index (χ1v) is 10.4. The maximum atomic E-state index is 12.9. The Kier molecular flexibility index (Phi) is 5.56. The van der Waals surface area contributed by atoms with Crippen molar-refractivity contribution in [3.05, 3.63) is 48.2 Å². The van der Waals surface area contributed by atoms with E-state index in [9.17, 15) is 4.79 Å². The third-order valence-corrected chi connectivity index (χ3v) is 6.39. The third kappa shape index (κ3) is 3.61. The van der Waals surface area contributed by atoms with E-state index in [0.717, 1.165) is 45.4 Å². The molecule has 2 N–H and O–H groups in total. The molecule has 1 fully saturated rings. The molecule has 2 aliphatic rings. The molecule has 2 heterocycles. The van der Waals surface area contributed by atoms with Crippen LogP contribution in [0.1, 0.15) is 29.9 Å². The van der Waals surface area contributed by atoms with Gasteiger partial charge < -0.3 is 15.2 Å². The van der Waals surface area contributed by atoms with E-state index >= 15 is 0 Å². The zero-order chi connectivity index (χ0) is 19.7. The molecule has 0 radical (unpaired) electrons. The molecule has 1 aliphatic carbocycles. The predicted molar refractivity (Wildman–Crippen MR) is 115 cm³/mol. The van der Waals surface area contributed by atoms with Crippen molar-refractivity contribution in [2.45, 2.75) is 31.2 Å². The zero-order valence-electron chi connectivity index (χ0n) is 17.1. The number of piperidine rings is 1. The van der Waals surface area contributed by atoms with Gasteiger partial charge >= 0.3 is 0 Å². The highest BCUT2D eigenvalue weighted by atomic mass is 16.1. The molecule has 0 saturated carbocycles. The van der Waals surface area contributed by atoms with E-state index in [1.165, 1.54) is 22.0 Å². The van der Waals surface area contributed by atoms with E-state index in [4.69, 9.17) is 0 Å². The van der Waals surface area contributed by atoms with Crippen LogP contribution in [0.3, 0.4) is 0 Å². The van der Waals surface area contributed by atoms with Crippen molar-refractivity contribution in [3.63, 3.8) is 0 Å². The van der Waals surface area contributed by atoms with E-state index in [0.29, 0.717) is 12.0 Å². The number of carbonyl (C=O) groups is 1. The molecule has 0 bridgehead atoms. The maximum Gasteiger partial charge on any atom is 0.224 e. The Labute approximate surface area is 167 Å². The molecule has 2 aromatic rings. The summed E-state index contributed by atoms with van der Waals surface area (Å²) < 4.78 is 0. The summed E-state index contributed by atoms with van der Waals surface area (Å²) in [6.07, 6.45) is 7.11. The molecular formula is C23H32N4O. The van der Waals surface area contributed by atoms with Crippen molar-refractivity contribution in [1.29, 1.82) is 0 Å². The van der Waals surface area contributed by atoms with Crippen LogP contribution in [-0.4, -0.2) is 67.0 Å². The van der Waals surface area contributed by atoms with E-state index in [1.54, 1.807) is 0 Å². The van der Waals surface area contributed by atoms with Gasteiger partial charge in [0.25, 0.3) is 0 Å². The summed E-state index contributed by atoms with van der Waals surface area (Å²) in [6.45, 7) is 7.36.